The van der Waals surface area contributed by atoms with Gasteiger partial charge in [0.2, 0.25) is 5.91 Å². The first-order valence-corrected chi connectivity index (χ1v) is 11.0. The van der Waals surface area contributed by atoms with Crippen molar-refractivity contribution in [2.24, 2.45) is 0 Å². The Morgan fingerprint density at radius 2 is 1.71 bits per heavy atom. The predicted molar refractivity (Wildman–Crippen MR) is 117 cm³/mol. The summed E-state index contributed by atoms with van der Waals surface area (Å²) in [5.74, 6) is 1.26. The van der Waals surface area contributed by atoms with E-state index in [1.165, 1.54) is 11.8 Å². The largest absolute Gasteiger partial charge is 0.491 e. The van der Waals surface area contributed by atoms with Gasteiger partial charge >= 0.3 is 0 Å². The van der Waals surface area contributed by atoms with Crippen molar-refractivity contribution in [1.29, 1.82) is 0 Å². The second-order valence-corrected chi connectivity index (χ2v) is 8.82. The van der Waals surface area contributed by atoms with Gasteiger partial charge in [-0.25, -0.2) is 0 Å². The summed E-state index contributed by atoms with van der Waals surface area (Å²) in [6, 6.07) is 11.5. The molecule has 0 N–H and O–H groups in total. The maximum absolute atomic E-state index is 13.3. The third-order valence-corrected chi connectivity index (χ3v) is 6.28. The molecule has 1 aromatic carbocycles. The molecule has 2 aromatic rings. The first-order valence-electron chi connectivity index (χ1n) is 11.0. The first-order chi connectivity index (χ1) is 14.9. The van der Waals surface area contributed by atoms with Crippen molar-refractivity contribution in [2.75, 3.05) is 32.7 Å². The van der Waals surface area contributed by atoms with E-state index in [1.54, 1.807) is 17.0 Å². The molecule has 7 heteroatoms. The van der Waals surface area contributed by atoms with Crippen molar-refractivity contribution < 1.29 is 18.7 Å². The van der Waals surface area contributed by atoms with E-state index in [0.29, 0.717) is 31.9 Å². The summed E-state index contributed by atoms with van der Waals surface area (Å²) in [5, 5.41) is 0. The Hall–Kier alpha value is -2.80. The summed E-state index contributed by atoms with van der Waals surface area (Å²) < 4.78 is 10.9. The second-order valence-electron chi connectivity index (χ2n) is 8.82. The van der Waals surface area contributed by atoms with Crippen LogP contribution in [0.5, 0.6) is 5.75 Å². The summed E-state index contributed by atoms with van der Waals surface area (Å²) in [7, 11) is 0. The fourth-order valence-electron chi connectivity index (χ4n) is 4.28. The van der Waals surface area contributed by atoms with Crippen LogP contribution >= 0.6 is 0 Å². The number of hydrogen-bond acceptors (Lipinski definition) is 5. The van der Waals surface area contributed by atoms with E-state index >= 15 is 0 Å². The number of benzene rings is 1. The minimum Gasteiger partial charge on any atom is -0.491 e. The van der Waals surface area contributed by atoms with Crippen LogP contribution in [0.25, 0.3) is 0 Å². The molecular weight excluding hydrogens is 394 g/mol. The molecule has 31 heavy (non-hydrogen) atoms. The summed E-state index contributed by atoms with van der Waals surface area (Å²) in [5.41, 5.74) is 0.684. The summed E-state index contributed by atoms with van der Waals surface area (Å²) in [6.45, 7) is 9.86. The fraction of sp³-hybridized carbons (Fsp3) is 0.500. The molecule has 1 aromatic heterocycles. The molecule has 2 aliphatic rings. The zero-order valence-electron chi connectivity index (χ0n) is 18.5. The summed E-state index contributed by atoms with van der Waals surface area (Å²) >= 11 is 0. The van der Waals surface area contributed by atoms with Gasteiger partial charge in [0.15, 0.2) is 5.76 Å². The Morgan fingerprint density at radius 3 is 2.26 bits per heavy atom. The highest BCUT2D eigenvalue weighted by Crippen LogP contribution is 2.34. The Balaban J connectivity index is 1.32. The number of likely N-dealkylation sites (tertiary alicyclic amines) is 1. The number of piperazine rings is 1. The van der Waals surface area contributed by atoms with Crippen molar-refractivity contribution >= 4 is 11.8 Å². The Morgan fingerprint density at radius 1 is 1.03 bits per heavy atom. The van der Waals surface area contributed by atoms with Gasteiger partial charge in [-0.15, -0.1) is 0 Å². The molecular formula is C24H31N3O4. The van der Waals surface area contributed by atoms with Gasteiger partial charge in [-0.3, -0.25) is 14.5 Å². The molecule has 0 spiro atoms. The number of carbonyl (C=O) groups excluding carboxylic acids is 2. The van der Waals surface area contributed by atoms with Crippen molar-refractivity contribution in [3.8, 4) is 5.75 Å². The van der Waals surface area contributed by atoms with E-state index in [-0.39, 0.29) is 17.9 Å². The number of furan rings is 1. The fourth-order valence-corrected chi connectivity index (χ4v) is 4.28. The van der Waals surface area contributed by atoms with Gasteiger partial charge in [-0.2, -0.15) is 0 Å². The van der Waals surface area contributed by atoms with Crippen LogP contribution < -0.4 is 4.74 Å². The van der Waals surface area contributed by atoms with E-state index in [2.05, 4.69) is 17.0 Å². The lowest BCUT2D eigenvalue weighted by Crippen LogP contribution is -2.67. The molecule has 2 saturated heterocycles. The monoisotopic (exact) mass is 425 g/mol. The molecule has 2 aliphatic heterocycles. The Bertz CT molecular complexity index is 901. The average molecular weight is 426 g/mol. The lowest BCUT2D eigenvalue weighted by Gasteiger charge is -2.52. The van der Waals surface area contributed by atoms with Gasteiger partial charge in [-0.05, 0) is 57.0 Å². The molecule has 166 valence electrons. The number of hydrogen-bond donors (Lipinski definition) is 0. The van der Waals surface area contributed by atoms with Crippen LogP contribution in [-0.4, -0.2) is 70.9 Å². The smallest absolute Gasteiger partial charge is 0.289 e. The van der Waals surface area contributed by atoms with Gasteiger partial charge in [0.1, 0.15) is 5.75 Å². The molecule has 1 atom stereocenters. The van der Waals surface area contributed by atoms with Crippen LogP contribution in [0.3, 0.4) is 0 Å². The third-order valence-electron chi connectivity index (χ3n) is 6.28. The molecule has 3 heterocycles. The SMILES string of the molecule is CC(C)Oc1ccc(CN2CCC2(C)C(=O)N2CCN(C(=O)c3ccco3)CC2)cc1. The molecule has 2 amide bonds. The second kappa shape index (κ2) is 8.75. The lowest BCUT2D eigenvalue weighted by atomic mass is 9.84. The third kappa shape index (κ3) is 4.46. The number of carbonyl (C=O) groups is 2. The number of amides is 2. The van der Waals surface area contributed by atoms with Crippen LogP contribution in [-0.2, 0) is 11.3 Å². The van der Waals surface area contributed by atoms with Gasteiger partial charge in [-0.1, -0.05) is 12.1 Å². The molecule has 2 fully saturated rings. The van der Waals surface area contributed by atoms with E-state index < -0.39 is 5.54 Å². The van der Waals surface area contributed by atoms with E-state index in [9.17, 15) is 9.59 Å². The quantitative estimate of drug-likeness (QED) is 0.712. The zero-order chi connectivity index (χ0) is 22.0. The minimum absolute atomic E-state index is 0.113. The predicted octanol–water partition coefficient (Wildman–Crippen LogP) is 3.02. The van der Waals surface area contributed by atoms with Crippen LogP contribution in [0.1, 0.15) is 43.3 Å². The minimum atomic E-state index is -0.486. The van der Waals surface area contributed by atoms with Crippen LogP contribution in [0.15, 0.2) is 47.1 Å². The average Bonchev–Trinajstić information content (AvgIpc) is 3.31. The van der Waals surface area contributed by atoms with Crippen molar-refractivity contribution in [3.63, 3.8) is 0 Å². The normalized spacial score (nSPS) is 21.8. The van der Waals surface area contributed by atoms with Crippen LogP contribution in [0, 0.1) is 0 Å². The Labute approximate surface area is 183 Å². The van der Waals surface area contributed by atoms with Crippen molar-refractivity contribution in [1.82, 2.24) is 14.7 Å². The number of rotatable bonds is 6. The number of nitrogens with zero attached hydrogens (tertiary/aromatic N) is 3. The van der Waals surface area contributed by atoms with Crippen LogP contribution in [0.2, 0.25) is 0 Å². The molecule has 1 unspecified atom stereocenters. The highest BCUT2D eigenvalue weighted by Gasteiger charge is 2.48. The van der Waals surface area contributed by atoms with Gasteiger partial charge in [0, 0.05) is 39.3 Å². The highest BCUT2D eigenvalue weighted by atomic mass is 16.5. The van der Waals surface area contributed by atoms with E-state index in [1.807, 2.05) is 37.8 Å². The molecule has 0 saturated carbocycles. The summed E-state index contributed by atoms with van der Waals surface area (Å²) in [4.78, 5) is 31.7. The molecule has 0 bridgehead atoms. The standard InChI is InChI=1S/C24H31N3O4/c1-18(2)31-20-8-6-19(7-9-20)17-27-11-10-24(27,3)23(29)26-14-12-25(13-15-26)22(28)21-5-4-16-30-21/h4-9,16,18H,10-15,17H2,1-3H3. The maximum atomic E-state index is 13.3. The Kier molecular flexibility index (Phi) is 6.05. The number of ether oxygens (including phenoxy) is 1. The topological polar surface area (TPSA) is 66.2 Å². The molecule has 7 nitrogen and oxygen atoms in total. The van der Waals surface area contributed by atoms with E-state index in [0.717, 1.165) is 25.3 Å². The maximum Gasteiger partial charge on any atom is 0.289 e. The van der Waals surface area contributed by atoms with Crippen LogP contribution in [0.4, 0.5) is 0 Å². The van der Waals surface area contributed by atoms with E-state index in [4.69, 9.17) is 9.15 Å². The van der Waals surface area contributed by atoms with Crippen molar-refractivity contribution in [3.05, 3.63) is 54.0 Å². The zero-order valence-corrected chi connectivity index (χ0v) is 18.5. The lowest BCUT2D eigenvalue weighted by molar-refractivity contribution is -0.154. The summed E-state index contributed by atoms with van der Waals surface area (Å²) in [6.07, 6.45) is 2.51. The highest BCUT2D eigenvalue weighted by molar-refractivity contribution is 5.92. The molecule has 0 aliphatic carbocycles. The van der Waals surface area contributed by atoms with Gasteiger partial charge in [0.05, 0.1) is 17.9 Å². The van der Waals surface area contributed by atoms with Gasteiger partial charge < -0.3 is 19.0 Å². The molecule has 0 radical (unpaired) electrons. The molecule has 4 rings (SSSR count). The van der Waals surface area contributed by atoms with Crippen molar-refractivity contribution in [2.45, 2.75) is 45.4 Å². The van der Waals surface area contributed by atoms with Gasteiger partial charge in [0.25, 0.3) is 5.91 Å². The first kappa shape index (κ1) is 21.4.